The number of thiol groups is 1. The third kappa shape index (κ3) is 3.90. The largest absolute Gasteiger partial charge is 0.398 e. The number of rotatable bonds is 3. The second kappa shape index (κ2) is 7.15. The van der Waals surface area contributed by atoms with Crippen molar-refractivity contribution in [1.82, 2.24) is 9.80 Å². The monoisotopic (exact) mass is 421 g/mol. The topological polar surface area (TPSA) is 49.6 Å². The molecule has 0 unspecified atom stereocenters. The van der Waals surface area contributed by atoms with Gasteiger partial charge in [0.05, 0.1) is 11.4 Å². The van der Waals surface area contributed by atoms with Gasteiger partial charge in [0, 0.05) is 41.7 Å². The van der Waals surface area contributed by atoms with E-state index in [1.807, 2.05) is 17.0 Å². The maximum absolute atomic E-state index is 11.6. The van der Waals surface area contributed by atoms with Gasteiger partial charge in [-0.3, -0.25) is 9.69 Å². The summed E-state index contributed by atoms with van der Waals surface area (Å²) < 4.78 is 1.92. The first-order chi connectivity index (χ1) is 9.51. The molecule has 0 atom stereocenters. The molecule has 0 bridgehead atoms. The Morgan fingerprint density at radius 3 is 2.50 bits per heavy atom. The van der Waals surface area contributed by atoms with Crippen molar-refractivity contribution in [3.8, 4) is 0 Å². The lowest BCUT2D eigenvalue weighted by Gasteiger charge is -2.34. The minimum atomic E-state index is 0.109. The Morgan fingerprint density at radius 2 is 1.90 bits per heavy atom. The molecule has 1 saturated heterocycles. The average Bonchev–Trinajstić information content (AvgIpc) is 2.44. The molecule has 1 amide bonds. The Hall–Kier alpha value is -0.240. The zero-order valence-corrected chi connectivity index (χ0v) is 15.0. The van der Waals surface area contributed by atoms with E-state index in [2.05, 4.69) is 49.4 Å². The van der Waals surface area contributed by atoms with Crippen molar-refractivity contribution in [2.24, 2.45) is 0 Å². The summed E-state index contributed by atoms with van der Waals surface area (Å²) in [6, 6.07) is 3.99. The minimum Gasteiger partial charge on any atom is -0.398 e. The molecule has 0 aromatic heterocycles. The number of hydrogen-bond acceptors (Lipinski definition) is 4. The number of piperazine rings is 1. The maximum Gasteiger partial charge on any atom is 0.232 e. The molecule has 4 nitrogen and oxygen atoms in total. The van der Waals surface area contributed by atoms with E-state index in [0.717, 1.165) is 52.9 Å². The van der Waals surface area contributed by atoms with Crippen molar-refractivity contribution in [1.29, 1.82) is 0 Å². The van der Waals surface area contributed by atoms with E-state index in [1.165, 1.54) is 0 Å². The highest BCUT2D eigenvalue weighted by Gasteiger charge is 2.20. The molecule has 2 rings (SSSR count). The van der Waals surface area contributed by atoms with Gasteiger partial charge in [-0.25, -0.2) is 0 Å². The first-order valence-corrected chi connectivity index (χ1v) is 8.57. The molecule has 2 N–H and O–H groups in total. The third-order valence-corrected chi connectivity index (χ3v) is 4.82. The van der Waals surface area contributed by atoms with Gasteiger partial charge in [0.15, 0.2) is 0 Å². The summed E-state index contributed by atoms with van der Waals surface area (Å²) in [6.45, 7) is 4.04. The van der Waals surface area contributed by atoms with Crippen LogP contribution in [0, 0.1) is 0 Å². The zero-order valence-electron chi connectivity index (χ0n) is 11.0. The van der Waals surface area contributed by atoms with Crippen LogP contribution < -0.4 is 5.73 Å². The molecule has 20 heavy (non-hydrogen) atoms. The van der Waals surface area contributed by atoms with Gasteiger partial charge in [0.25, 0.3) is 0 Å². The van der Waals surface area contributed by atoms with E-state index in [-0.39, 0.29) is 11.7 Å². The molecule has 1 heterocycles. The molecule has 1 aliphatic rings. The van der Waals surface area contributed by atoms with E-state index in [1.54, 1.807) is 0 Å². The highest BCUT2D eigenvalue weighted by molar-refractivity contribution is 9.11. The molecule has 110 valence electrons. The SMILES string of the molecule is Nc1c(Br)cc(Br)cc1CN1CCN(C(=O)CS)CC1. The average molecular weight is 423 g/mol. The molecule has 1 aliphatic heterocycles. The Kier molecular flexibility index (Phi) is 5.77. The predicted octanol–water partition coefficient (Wildman–Crippen LogP) is 2.37. The number of carbonyl (C=O) groups is 1. The molecule has 1 aromatic carbocycles. The number of amides is 1. The van der Waals surface area contributed by atoms with Crippen molar-refractivity contribution >= 4 is 56.1 Å². The Labute approximate surface area is 141 Å². The highest BCUT2D eigenvalue weighted by Crippen LogP contribution is 2.29. The van der Waals surface area contributed by atoms with Crippen LogP contribution in [0.5, 0.6) is 0 Å². The number of nitrogens with two attached hydrogens (primary N) is 1. The molecule has 1 fully saturated rings. The van der Waals surface area contributed by atoms with Gasteiger partial charge >= 0.3 is 0 Å². The van der Waals surface area contributed by atoms with E-state index < -0.39 is 0 Å². The molecule has 0 aliphatic carbocycles. The Morgan fingerprint density at radius 1 is 1.25 bits per heavy atom. The highest BCUT2D eigenvalue weighted by atomic mass is 79.9. The molecule has 7 heteroatoms. The smallest absolute Gasteiger partial charge is 0.232 e. The summed E-state index contributed by atoms with van der Waals surface area (Å²) >= 11 is 11.0. The fourth-order valence-corrected chi connectivity index (χ4v) is 3.78. The normalized spacial score (nSPS) is 16.4. The van der Waals surface area contributed by atoms with Crippen LogP contribution in [0.2, 0.25) is 0 Å². The number of hydrogen-bond donors (Lipinski definition) is 2. The fraction of sp³-hybridized carbons (Fsp3) is 0.462. The van der Waals surface area contributed by atoms with Gasteiger partial charge in [-0.1, -0.05) is 15.9 Å². The summed E-state index contributed by atoms with van der Waals surface area (Å²) in [7, 11) is 0. The van der Waals surface area contributed by atoms with Crippen LogP contribution in [-0.2, 0) is 11.3 Å². The van der Waals surface area contributed by atoms with Crippen molar-refractivity contribution in [3.05, 3.63) is 26.6 Å². The van der Waals surface area contributed by atoms with E-state index in [9.17, 15) is 4.79 Å². The summed E-state index contributed by atoms with van der Waals surface area (Å²) in [6.07, 6.45) is 0. The second-order valence-corrected chi connectivity index (χ2v) is 6.86. The van der Waals surface area contributed by atoms with Gasteiger partial charge in [0.1, 0.15) is 0 Å². The van der Waals surface area contributed by atoms with Crippen molar-refractivity contribution < 1.29 is 4.79 Å². The van der Waals surface area contributed by atoms with Crippen LogP contribution in [0.1, 0.15) is 5.56 Å². The third-order valence-electron chi connectivity index (χ3n) is 3.43. The Bertz CT molecular complexity index is 505. The number of benzene rings is 1. The lowest BCUT2D eigenvalue weighted by atomic mass is 10.1. The molecular weight excluding hydrogens is 406 g/mol. The number of nitrogen functional groups attached to an aromatic ring is 1. The van der Waals surface area contributed by atoms with Crippen molar-refractivity contribution in [3.63, 3.8) is 0 Å². The van der Waals surface area contributed by atoms with E-state index in [4.69, 9.17) is 5.73 Å². The molecule has 0 radical (unpaired) electrons. The predicted molar refractivity (Wildman–Crippen MR) is 92.0 cm³/mol. The molecular formula is C13H17Br2N3OS. The summed E-state index contributed by atoms with van der Waals surface area (Å²) in [5, 5.41) is 0. The van der Waals surface area contributed by atoms with Crippen molar-refractivity contribution in [2.45, 2.75) is 6.54 Å². The first kappa shape index (κ1) is 16.1. The zero-order chi connectivity index (χ0) is 14.7. The lowest BCUT2D eigenvalue weighted by Crippen LogP contribution is -2.48. The van der Waals surface area contributed by atoms with Crippen molar-refractivity contribution in [2.75, 3.05) is 37.7 Å². The standard InChI is InChI=1S/C13H17Br2N3OS/c14-10-5-9(13(16)11(15)6-10)7-17-1-3-18(4-2-17)12(19)8-20/h5-6,20H,1-4,7-8,16H2. The number of halogens is 2. The minimum absolute atomic E-state index is 0.109. The van der Waals surface area contributed by atoms with Crippen LogP contribution in [0.25, 0.3) is 0 Å². The fourth-order valence-electron chi connectivity index (χ4n) is 2.27. The van der Waals surface area contributed by atoms with Gasteiger partial charge in [-0.2, -0.15) is 12.6 Å². The van der Waals surface area contributed by atoms with Crippen LogP contribution in [0.4, 0.5) is 5.69 Å². The van der Waals surface area contributed by atoms with Crippen LogP contribution in [-0.4, -0.2) is 47.6 Å². The number of nitrogens with zero attached hydrogens (tertiary/aromatic N) is 2. The molecule has 0 saturated carbocycles. The van der Waals surface area contributed by atoms with Gasteiger partial charge in [-0.15, -0.1) is 0 Å². The lowest BCUT2D eigenvalue weighted by molar-refractivity contribution is -0.130. The first-order valence-electron chi connectivity index (χ1n) is 6.35. The summed E-state index contributed by atoms with van der Waals surface area (Å²) in [5.41, 5.74) is 7.97. The van der Waals surface area contributed by atoms with E-state index >= 15 is 0 Å². The second-order valence-electron chi connectivity index (χ2n) is 4.78. The summed E-state index contributed by atoms with van der Waals surface area (Å²) in [5.74, 6) is 0.392. The maximum atomic E-state index is 11.6. The van der Waals surface area contributed by atoms with Crippen LogP contribution in [0.3, 0.4) is 0 Å². The molecule has 1 aromatic rings. The van der Waals surface area contributed by atoms with Gasteiger partial charge < -0.3 is 10.6 Å². The van der Waals surface area contributed by atoms with Gasteiger partial charge in [-0.05, 0) is 33.6 Å². The number of carbonyl (C=O) groups excluding carboxylic acids is 1. The molecule has 0 spiro atoms. The Balaban J connectivity index is 1.98. The van der Waals surface area contributed by atoms with Gasteiger partial charge in [0.2, 0.25) is 5.91 Å². The number of anilines is 1. The van der Waals surface area contributed by atoms with Crippen LogP contribution >= 0.6 is 44.5 Å². The summed E-state index contributed by atoms with van der Waals surface area (Å²) in [4.78, 5) is 15.8. The van der Waals surface area contributed by atoms with E-state index in [0.29, 0.717) is 0 Å². The quantitative estimate of drug-likeness (QED) is 0.580. The van der Waals surface area contributed by atoms with Crippen LogP contribution in [0.15, 0.2) is 21.1 Å².